The van der Waals surface area contributed by atoms with Crippen LogP contribution in [0.5, 0.6) is 0 Å². The zero-order valence-electron chi connectivity index (χ0n) is 14.1. The molecule has 0 radical (unpaired) electrons. The third-order valence-electron chi connectivity index (χ3n) is 5.09. The summed E-state index contributed by atoms with van der Waals surface area (Å²) in [4.78, 5) is 17.3. The minimum atomic E-state index is 0.325. The summed E-state index contributed by atoms with van der Waals surface area (Å²) in [5.41, 5.74) is 0. The molecule has 4 nitrogen and oxygen atoms in total. The molecule has 0 bridgehead atoms. The molecular formula is C17H33N3O. The first-order valence-electron chi connectivity index (χ1n) is 8.82. The predicted octanol–water partition coefficient (Wildman–Crippen LogP) is 2.24. The molecule has 21 heavy (non-hydrogen) atoms. The van der Waals surface area contributed by atoms with E-state index in [-0.39, 0.29) is 0 Å². The van der Waals surface area contributed by atoms with Crippen molar-refractivity contribution in [3.05, 3.63) is 0 Å². The van der Waals surface area contributed by atoms with E-state index in [1.165, 1.54) is 44.9 Å². The molecule has 4 heteroatoms. The van der Waals surface area contributed by atoms with Gasteiger partial charge in [0.05, 0.1) is 6.54 Å². The Labute approximate surface area is 130 Å². The molecule has 1 atom stereocenters. The minimum Gasteiger partial charge on any atom is -0.336 e. The zero-order valence-corrected chi connectivity index (χ0v) is 14.1. The molecule has 2 fully saturated rings. The normalized spacial score (nSPS) is 25.2. The first-order valence-corrected chi connectivity index (χ1v) is 8.82. The van der Waals surface area contributed by atoms with Gasteiger partial charge in [0.15, 0.2) is 0 Å². The fraction of sp³-hybridized carbons (Fsp3) is 0.941. The van der Waals surface area contributed by atoms with E-state index in [0.29, 0.717) is 30.6 Å². The monoisotopic (exact) mass is 295 g/mol. The fourth-order valence-electron chi connectivity index (χ4n) is 3.98. The Balaban J connectivity index is 1.91. The summed E-state index contributed by atoms with van der Waals surface area (Å²) in [5.74, 6) is 0.341. The zero-order chi connectivity index (χ0) is 15.2. The highest BCUT2D eigenvalue weighted by atomic mass is 16.2. The summed E-state index contributed by atoms with van der Waals surface area (Å²) in [6, 6.07) is 1.36. The Bertz CT molecular complexity index is 326. The quantitative estimate of drug-likeness (QED) is 0.845. The number of hydrogen-bond donors (Lipinski definition) is 1. The van der Waals surface area contributed by atoms with E-state index in [1.807, 2.05) is 7.05 Å². The highest BCUT2D eigenvalue weighted by Gasteiger charge is 2.29. The average Bonchev–Trinajstić information content (AvgIpc) is 2.48. The van der Waals surface area contributed by atoms with Crippen LogP contribution >= 0.6 is 0 Å². The van der Waals surface area contributed by atoms with Gasteiger partial charge in [0, 0.05) is 24.7 Å². The molecule has 0 aromatic carbocycles. The molecule has 122 valence electrons. The van der Waals surface area contributed by atoms with Crippen molar-refractivity contribution < 1.29 is 4.79 Å². The van der Waals surface area contributed by atoms with Gasteiger partial charge in [0.2, 0.25) is 5.91 Å². The lowest BCUT2D eigenvalue weighted by molar-refractivity contribution is -0.137. The van der Waals surface area contributed by atoms with Crippen molar-refractivity contribution in [2.75, 3.05) is 26.7 Å². The van der Waals surface area contributed by atoms with Crippen molar-refractivity contribution in [2.45, 2.75) is 76.9 Å². The van der Waals surface area contributed by atoms with Crippen molar-refractivity contribution >= 4 is 5.91 Å². The molecule has 1 N–H and O–H groups in total. The maximum absolute atomic E-state index is 12.8. The van der Waals surface area contributed by atoms with Gasteiger partial charge in [-0.15, -0.1) is 0 Å². The Kier molecular flexibility index (Phi) is 6.49. The number of piperidine rings is 1. The van der Waals surface area contributed by atoms with Gasteiger partial charge < -0.3 is 10.2 Å². The number of rotatable bonds is 5. The van der Waals surface area contributed by atoms with E-state index < -0.39 is 0 Å². The van der Waals surface area contributed by atoms with Gasteiger partial charge in [-0.05, 0) is 53.1 Å². The van der Waals surface area contributed by atoms with Crippen LogP contribution in [0.4, 0.5) is 0 Å². The molecule has 1 heterocycles. The van der Waals surface area contributed by atoms with E-state index in [2.05, 4.69) is 29.0 Å². The standard InChI is InChI=1S/C17H33N3O/c1-14(2)20(16-9-5-4-6-10-16)17(21)13-19-11-7-8-15(12-19)18-3/h14-16,18H,4-13H2,1-3H3. The van der Waals surface area contributed by atoms with E-state index >= 15 is 0 Å². The fourth-order valence-corrected chi connectivity index (χ4v) is 3.98. The van der Waals surface area contributed by atoms with Gasteiger partial charge >= 0.3 is 0 Å². The topological polar surface area (TPSA) is 35.6 Å². The molecule has 1 amide bonds. The average molecular weight is 295 g/mol. The molecule has 0 aromatic rings. The number of carbonyl (C=O) groups excluding carboxylic acids is 1. The van der Waals surface area contributed by atoms with Crippen LogP contribution in [0.15, 0.2) is 0 Å². The van der Waals surface area contributed by atoms with Crippen LogP contribution in [-0.2, 0) is 4.79 Å². The van der Waals surface area contributed by atoms with Crippen LogP contribution in [0.25, 0.3) is 0 Å². The number of hydrogen-bond acceptors (Lipinski definition) is 3. The lowest BCUT2D eigenvalue weighted by atomic mass is 9.93. The predicted molar refractivity (Wildman–Crippen MR) is 87.4 cm³/mol. The van der Waals surface area contributed by atoms with Crippen LogP contribution < -0.4 is 5.32 Å². The molecule has 2 aliphatic rings. The van der Waals surface area contributed by atoms with E-state index in [0.717, 1.165) is 13.1 Å². The van der Waals surface area contributed by atoms with Gasteiger partial charge in [-0.1, -0.05) is 19.3 Å². The summed E-state index contributed by atoms with van der Waals surface area (Å²) in [7, 11) is 2.03. The first kappa shape index (κ1) is 16.8. The summed E-state index contributed by atoms with van der Waals surface area (Å²) in [6.45, 7) is 7.02. The Morgan fingerprint density at radius 1 is 1.19 bits per heavy atom. The first-order chi connectivity index (χ1) is 10.1. The van der Waals surface area contributed by atoms with Crippen molar-refractivity contribution in [1.29, 1.82) is 0 Å². The van der Waals surface area contributed by atoms with Crippen LogP contribution in [0.2, 0.25) is 0 Å². The molecule has 1 saturated carbocycles. The molecule has 2 rings (SSSR count). The Morgan fingerprint density at radius 2 is 1.90 bits per heavy atom. The second-order valence-electron chi connectivity index (χ2n) is 7.05. The van der Waals surface area contributed by atoms with Gasteiger partial charge in [0.1, 0.15) is 0 Å². The Morgan fingerprint density at radius 3 is 2.52 bits per heavy atom. The highest BCUT2D eigenvalue weighted by molar-refractivity contribution is 5.79. The molecule has 1 aliphatic carbocycles. The summed E-state index contributed by atoms with van der Waals surface area (Å²) in [5, 5.41) is 3.36. The smallest absolute Gasteiger partial charge is 0.237 e. The van der Waals surface area contributed by atoms with Crippen LogP contribution in [0, 0.1) is 0 Å². The van der Waals surface area contributed by atoms with Gasteiger partial charge in [0.25, 0.3) is 0 Å². The van der Waals surface area contributed by atoms with Gasteiger partial charge in [-0.2, -0.15) is 0 Å². The third-order valence-corrected chi connectivity index (χ3v) is 5.09. The lowest BCUT2D eigenvalue weighted by Crippen LogP contribution is -2.52. The SMILES string of the molecule is CNC1CCCN(CC(=O)N(C(C)C)C2CCCCC2)C1. The lowest BCUT2D eigenvalue weighted by Gasteiger charge is -2.39. The molecule has 0 aromatic heterocycles. The van der Waals surface area contributed by atoms with Crippen molar-refractivity contribution in [3.8, 4) is 0 Å². The molecule has 1 aliphatic heterocycles. The van der Waals surface area contributed by atoms with Crippen molar-refractivity contribution in [3.63, 3.8) is 0 Å². The van der Waals surface area contributed by atoms with Gasteiger partial charge in [-0.25, -0.2) is 0 Å². The number of likely N-dealkylation sites (N-methyl/N-ethyl adjacent to an activating group) is 1. The van der Waals surface area contributed by atoms with Crippen molar-refractivity contribution in [1.82, 2.24) is 15.1 Å². The maximum Gasteiger partial charge on any atom is 0.237 e. The number of amides is 1. The summed E-state index contributed by atoms with van der Waals surface area (Å²) < 4.78 is 0. The second kappa shape index (κ2) is 8.14. The molecule has 0 spiro atoms. The van der Waals surface area contributed by atoms with E-state index in [9.17, 15) is 4.79 Å². The molecule has 1 saturated heterocycles. The molecular weight excluding hydrogens is 262 g/mol. The van der Waals surface area contributed by atoms with Crippen molar-refractivity contribution in [2.24, 2.45) is 0 Å². The number of nitrogens with zero attached hydrogens (tertiary/aromatic N) is 2. The number of carbonyl (C=O) groups is 1. The second-order valence-corrected chi connectivity index (χ2v) is 7.05. The van der Waals surface area contributed by atoms with Crippen LogP contribution in [0.3, 0.4) is 0 Å². The number of likely N-dealkylation sites (tertiary alicyclic amines) is 1. The summed E-state index contributed by atoms with van der Waals surface area (Å²) in [6.07, 6.45) is 8.74. The summed E-state index contributed by atoms with van der Waals surface area (Å²) >= 11 is 0. The van der Waals surface area contributed by atoms with Gasteiger partial charge in [-0.3, -0.25) is 9.69 Å². The third kappa shape index (κ3) is 4.68. The molecule has 1 unspecified atom stereocenters. The van der Waals surface area contributed by atoms with E-state index in [4.69, 9.17) is 0 Å². The highest BCUT2D eigenvalue weighted by Crippen LogP contribution is 2.24. The maximum atomic E-state index is 12.8. The largest absolute Gasteiger partial charge is 0.336 e. The van der Waals surface area contributed by atoms with Crippen LogP contribution in [-0.4, -0.2) is 60.5 Å². The number of nitrogens with one attached hydrogen (secondary N) is 1. The Hall–Kier alpha value is -0.610. The minimum absolute atomic E-state index is 0.325. The van der Waals surface area contributed by atoms with E-state index in [1.54, 1.807) is 0 Å². The van der Waals surface area contributed by atoms with Crippen LogP contribution in [0.1, 0.15) is 58.8 Å².